The van der Waals surface area contributed by atoms with Gasteiger partial charge in [0.05, 0.1) is 35.9 Å². The number of esters is 1. The summed E-state index contributed by atoms with van der Waals surface area (Å²) in [6.45, 7) is 6.91. The molecule has 7 heteroatoms. The van der Waals surface area contributed by atoms with Crippen molar-refractivity contribution in [2.75, 3.05) is 13.7 Å². The minimum Gasteiger partial charge on any atom is -0.497 e. The van der Waals surface area contributed by atoms with Crippen molar-refractivity contribution in [1.82, 2.24) is 9.55 Å². The van der Waals surface area contributed by atoms with Crippen LogP contribution in [0.2, 0.25) is 0 Å². The van der Waals surface area contributed by atoms with E-state index >= 15 is 0 Å². The van der Waals surface area contributed by atoms with Gasteiger partial charge in [0, 0.05) is 0 Å². The molecule has 0 radical (unpaired) electrons. The number of carbonyl (C=O) groups is 1. The van der Waals surface area contributed by atoms with Crippen LogP contribution in [0.5, 0.6) is 5.75 Å². The van der Waals surface area contributed by atoms with Gasteiger partial charge >= 0.3 is 5.97 Å². The Balaban J connectivity index is 2.39. The summed E-state index contributed by atoms with van der Waals surface area (Å²) >= 11 is 0. The molecule has 7 nitrogen and oxygen atoms in total. The van der Waals surface area contributed by atoms with Crippen LogP contribution in [-0.2, 0) is 11.3 Å². The van der Waals surface area contributed by atoms with Crippen LogP contribution in [-0.4, -0.2) is 34.3 Å². The maximum absolute atomic E-state index is 13.5. The second-order valence-electron chi connectivity index (χ2n) is 6.79. The van der Waals surface area contributed by atoms with Crippen molar-refractivity contribution in [3.8, 4) is 11.4 Å². The Labute approximate surface area is 168 Å². The predicted octanol–water partition coefficient (Wildman–Crippen LogP) is 2.99. The van der Waals surface area contributed by atoms with Gasteiger partial charge in [-0.2, -0.15) is 0 Å². The molecule has 1 heterocycles. The number of ether oxygens (including phenoxy) is 2. The van der Waals surface area contributed by atoms with Crippen LogP contribution in [0.1, 0.15) is 39.8 Å². The van der Waals surface area contributed by atoms with Crippen molar-refractivity contribution < 1.29 is 19.4 Å². The van der Waals surface area contributed by atoms with Crippen molar-refractivity contribution in [2.45, 2.75) is 34.3 Å². The third kappa shape index (κ3) is 3.49. The van der Waals surface area contributed by atoms with E-state index in [9.17, 15) is 14.7 Å². The number of methoxy groups -OCH3 is 1. The van der Waals surface area contributed by atoms with Gasteiger partial charge in [-0.25, -0.2) is 9.78 Å². The highest BCUT2D eigenvalue weighted by Crippen LogP contribution is 2.25. The summed E-state index contributed by atoms with van der Waals surface area (Å²) in [5, 5.41) is 10.2. The van der Waals surface area contributed by atoms with Crippen LogP contribution in [0.15, 0.2) is 29.1 Å². The molecule has 0 unspecified atom stereocenters. The Bertz CT molecular complexity index is 1160. The standard InChI is InChI=1S/C22H24N2O5/c1-6-29-22(27)19-13(3)10-16-20(14(19)4)21(26)24(18(11-25)23-16)17-8-7-15(28-5)9-12(17)2/h7-10,25H,6,11H2,1-5H3. The number of carbonyl (C=O) groups excluding carboxylic acids is 1. The Morgan fingerprint density at radius 3 is 2.48 bits per heavy atom. The number of aryl methyl sites for hydroxylation is 3. The Hall–Kier alpha value is -3.19. The van der Waals surface area contributed by atoms with Crippen LogP contribution >= 0.6 is 0 Å². The average Bonchev–Trinajstić information content (AvgIpc) is 2.68. The molecule has 3 rings (SSSR count). The molecule has 1 aromatic heterocycles. The quantitative estimate of drug-likeness (QED) is 0.667. The van der Waals surface area contributed by atoms with E-state index in [4.69, 9.17) is 9.47 Å². The molecule has 2 aromatic carbocycles. The normalized spacial score (nSPS) is 11.0. The van der Waals surface area contributed by atoms with E-state index < -0.39 is 12.6 Å². The molecule has 0 aliphatic heterocycles. The third-order valence-electron chi connectivity index (χ3n) is 4.94. The fourth-order valence-corrected chi connectivity index (χ4v) is 3.62. The number of benzene rings is 2. The zero-order valence-electron chi connectivity index (χ0n) is 17.2. The van der Waals surface area contributed by atoms with Gasteiger partial charge < -0.3 is 14.6 Å². The fraction of sp³-hybridized carbons (Fsp3) is 0.318. The molecular formula is C22H24N2O5. The van der Waals surface area contributed by atoms with Gasteiger partial charge in [0.15, 0.2) is 0 Å². The monoisotopic (exact) mass is 396 g/mol. The van der Waals surface area contributed by atoms with Gasteiger partial charge in [-0.1, -0.05) is 0 Å². The Morgan fingerprint density at radius 2 is 1.90 bits per heavy atom. The first-order valence-electron chi connectivity index (χ1n) is 9.32. The van der Waals surface area contributed by atoms with Gasteiger partial charge in [0.25, 0.3) is 5.56 Å². The zero-order chi connectivity index (χ0) is 21.3. The summed E-state index contributed by atoms with van der Waals surface area (Å²) in [5.74, 6) is 0.413. The smallest absolute Gasteiger partial charge is 0.338 e. The number of nitrogens with zero attached hydrogens (tertiary/aromatic N) is 2. The van der Waals surface area contributed by atoms with Crippen molar-refractivity contribution in [1.29, 1.82) is 0 Å². The van der Waals surface area contributed by atoms with Crippen molar-refractivity contribution >= 4 is 16.9 Å². The molecule has 0 aliphatic carbocycles. The molecule has 29 heavy (non-hydrogen) atoms. The maximum Gasteiger partial charge on any atom is 0.338 e. The Morgan fingerprint density at radius 1 is 1.17 bits per heavy atom. The van der Waals surface area contributed by atoms with Crippen molar-refractivity contribution in [3.05, 3.63) is 62.7 Å². The first-order valence-corrected chi connectivity index (χ1v) is 9.32. The first kappa shape index (κ1) is 20.5. The highest BCUT2D eigenvalue weighted by molar-refractivity contribution is 5.99. The Kier molecular flexibility index (Phi) is 5.70. The molecule has 1 N–H and O–H groups in total. The predicted molar refractivity (Wildman–Crippen MR) is 110 cm³/mol. The molecule has 0 saturated carbocycles. The highest BCUT2D eigenvalue weighted by Gasteiger charge is 2.22. The maximum atomic E-state index is 13.5. The van der Waals surface area contributed by atoms with Crippen LogP contribution < -0.4 is 10.3 Å². The van der Waals surface area contributed by atoms with Crippen molar-refractivity contribution in [2.24, 2.45) is 0 Å². The molecule has 3 aromatic rings. The van der Waals surface area contributed by atoms with E-state index in [1.165, 1.54) is 4.57 Å². The zero-order valence-corrected chi connectivity index (χ0v) is 17.2. The summed E-state index contributed by atoms with van der Waals surface area (Å²) in [7, 11) is 1.57. The molecular weight excluding hydrogens is 372 g/mol. The SMILES string of the molecule is CCOC(=O)c1c(C)cc2nc(CO)n(-c3ccc(OC)cc3C)c(=O)c2c1C. The number of aliphatic hydroxyl groups is 1. The first-order chi connectivity index (χ1) is 13.8. The van der Waals surface area contributed by atoms with E-state index in [0.29, 0.717) is 39.0 Å². The lowest BCUT2D eigenvalue weighted by Gasteiger charge is -2.17. The third-order valence-corrected chi connectivity index (χ3v) is 4.94. The summed E-state index contributed by atoms with van der Waals surface area (Å²) in [5.41, 5.74) is 3.01. The van der Waals surface area contributed by atoms with E-state index in [0.717, 1.165) is 5.56 Å². The molecule has 0 saturated heterocycles. The summed E-state index contributed by atoms with van der Waals surface area (Å²) < 4.78 is 11.8. The number of rotatable bonds is 5. The van der Waals surface area contributed by atoms with Crippen LogP contribution in [0.4, 0.5) is 0 Å². The number of aliphatic hydroxyl groups excluding tert-OH is 1. The van der Waals surface area contributed by atoms with Gasteiger partial charge in [0.1, 0.15) is 18.2 Å². The minimum absolute atomic E-state index is 0.221. The highest BCUT2D eigenvalue weighted by atomic mass is 16.5. The second kappa shape index (κ2) is 8.05. The molecule has 0 bridgehead atoms. The number of aromatic nitrogens is 2. The molecule has 152 valence electrons. The summed E-state index contributed by atoms with van der Waals surface area (Å²) in [6.07, 6.45) is 0. The van der Waals surface area contributed by atoms with E-state index in [1.807, 2.05) is 6.92 Å². The van der Waals surface area contributed by atoms with Crippen LogP contribution in [0.3, 0.4) is 0 Å². The number of hydrogen-bond acceptors (Lipinski definition) is 6. The molecule has 0 atom stereocenters. The summed E-state index contributed by atoms with van der Waals surface area (Å²) in [6, 6.07) is 6.98. The van der Waals surface area contributed by atoms with Crippen molar-refractivity contribution in [3.63, 3.8) is 0 Å². The summed E-state index contributed by atoms with van der Waals surface area (Å²) in [4.78, 5) is 30.5. The van der Waals surface area contributed by atoms with E-state index in [2.05, 4.69) is 4.98 Å². The van der Waals surface area contributed by atoms with Crippen LogP contribution in [0, 0.1) is 20.8 Å². The van der Waals surface area contributed by atoms with E-state index in [1.54, 1.807) is 52.1 Å². The lowest BCUT2D eigenvalue weighted by molar-refractivity contribution is 0.0525. The second-order valence-corrected chi connectivity index (χ2v) is 6.79. The topological polar surface area (TPSA) is 90.7 Å². The lowest BCUT2D eigenvalue weighted by Crippen LogP contribution is -2.26. The minimum atomic E-state index is -0.470. The molecule has 0 amide bonds. The number of fused-ring (bicyclic) bond motifs is 1. The van der Waals surface area contributed by atoms with Crippen LogP contribution in [0.25, 0.3) is 16.6 Å². The fourth-order valence-electron chi connectivity index (χ4n) is 3.62. The van der Waals surface area contributed by atoms with Gasteiger partial charge in [-0.3, -0.25) is 9.36 Å². The molecule has 0 fully saturated rings. The van der Waals surface area contributed by atoms with Gasteiger partial charge in [0.2, 0.25) is 0 Å². The van der Waals surface area contributed by atoms with Gasteiger partial charge in [-0.15, -0.1) is 0 Å². The molecule has 0 aliphatic rings. The number of hydrogen-bond donors (Lipinski definition) is 1. The largest absolute Gasteiger partial charge is 0.497 e. The molecule has 0 spiro atoms. The lowest BCUT2D eigenvalue weighted by atomic mass is 9.98. The van der Waals surface area contributed by atoms with E-state index in [-0.39, 0.29) is 18.0 Å². The van der Waals surface area contributed by atoms with Gasteiger partial charge in [-0.05, 0) is 68.7 Å². The average molecular weight is 396 g/mol.